The highest BCUT2D eigenvalue weighted by Gasteiger charge is 2.25. The van der Waals surface area contributed by atoms with E-state index in [1.807, 2.05) is 42.5 Å². The molecule has 0 saturated carbocycles. The SMILES string of the molecule is CCOC(=O)c1c(C)nc2[nH]n(-c3ccccc3)c(=O)c2c1-c1ccc(OC)cc1. The van der Waals surface area contributed by atoms with Gasteiger partial charge < -0.3 is 9.47 Å². The number of methoxy groups -OCH3 is 1. The fourth-order valence-electron chi connectivity index (χ4n) is 3.52. The standard InChI is InChI=1S/C23H21N3O4/c1-4-30-23(28)18-14(2)24-21-20(19(18)15-10-12-17(29-3)13-11-15)22(27)26(25-21)16-8-6-5-7-9-16/h5-13H,4H2,1-3H3,(H,24,25). The minimum atomic E-state index is -0.512. The van der Waals surface area contributed by atoms with Crippen LogP contribution in [0.3, 0.4) is 0 Å². The first-order valence-electron chi connectivity index (χ1n) is 9.57. The van der Waals surface area contributed by atoms with E-state index in [1.165, 1.54) is 4.68 Å². The van der Waals surface area contributed by atoms with Crippen LogP contribution in [-0.2, 0) is 4.74 Å². The Hall–Kier alpha value is -3.87. The quantitative estimate of drug-likeness (QED) is 0.511. The molecule has 0 fully saturated rings. The molecule has 0 amide bonds. The highest BCUT2D eigenvalue weighted by molar-refractivity contribution is 6.07. The minimum Gasteiger partial charge on any atom is -0.497 e. The van der Waals surface area contributed by atoms with Crippen molar-refractivity contribution in [1.29, 1.82) is 0 Å². The Kier molecular flexibility index (Phi) is 5.10. The Morgan fingerprint density at radius 2 is 1.80 bits per heavy atom. The second kappa shape index (κ2) is 7.87. The van der Waals surface area contributed by atoms with E-state index in [0.717, 1.165) is 0 Å². The Morgan fingerprint density at radius 3 is 2.43 bits per heavy atom. The van der Waals surface area contributed by atoms with E-state index < -0.39 is 5.97 Å². The Morgan fingerprint density at radius 1 is 1.10 bits per heavy atom. The number of hydrogen-bond donors (Lipinski definition) is 1. The number of pyridine rings is 1. The van der Waals surface area contributed by atoms with Gasteiger partial charge in [-0.1, -0.05) is 30.3 Å². The van der Waals surface area contributed by atoms with Crippen molar-refractivity contribution in [2.75, 3.05) is 13.7 Å². The van der Waals surface area contributed by atoms with Crippen molar-refractivity contribution in [3.05, 3.63) is 76.2 Å². The topological polar surface area (TPSA) is 86.2 Å². The number of fused-ring (bicyclic) bond motifs is 1. The summed E-state index contributed by atoms with van der Waals surface area (Å²) >= 11 is 0. The third kappa shape index (κ3) is 3.24. The van der Waals surface area contributed by atoms with Gasteiger partial charge in [-0.25, -0.2) is 14.5 Å². The Bertz CT molecular complexity index is 1270. The van der Waals surface area contributed by atoms with E-state index in [1.54, 1.807) is 33.1 Å². The first kappa shape index (κ1) is 19.4. The number of aromatic amines is 1. The molecule has 0 bridgehead atoms. The van der Waals surface area contributed by atoms with Crippen molar-refractivity contribution in [2.45, 2.75) is 13.8 Å². The van der Waals surface area contributed by atoms with Crippen molar-refractivity contribution in [1.82, 2.24) is 14.8 Å². The summed E-state index contributed by atoms with van der Waals surface area (Å²) in [5.41, 5.74) is 2.75. The molecule has 0 spiro atoms. The third-order valence-electron chi connectivity index (χ3n) is 4.89. The van der Waals surface area contributed by atoms with Gasteiger partial charge in [0.2, 0.25) is 0 Å². The number of aryl methyl sites for hydroxylation is 1. The number of nitrogens with one attached hydrogen (secondary N) is 1. The number of benzene rings is 2. The van der Waals surface area contributed by atoms with Gasteiger partial charge >= 0.3 is 5.97 Å². The molecule has 0 unspecified atom stereocenters. The van der Waals surface area contributed by atoms with Crippen LogP contribution in [0.4, 0.5) is 0 Å². The highest BCUT2D eigenvalue weighted by Crippen LogP contribution is 2.33. The predicted molar refractivity (Wildman–Crippen MR) is 114 cm³/mol. The van der Waals surface area contributed by atoms with Crippen molar-refractivity contribution in [3.63, 3.8) is 0 Å². The summed E-state index contributed by atoms with van der Waals surface area (Å²) in [6, 6.07) is 16.4. The van der Waals surface area contributed by atoms with Gasteiger partial charge in [0.15, 0.2) is 5.65 Å². The van der Waals surface area contributed by atoms with Gasteiger partial charge in [0, 0.05) is 5.56 Å². The molecule has 7 nitrogen and oxygen atoms in total. The molecule has 2 heterocycles. The van der Waals surface area contributed by atoms with Crippen molar-refractivity contribution >= 4 is 17.0 Å². The maximum atomic E-state index is 13.4. The van der Waals surface area contributed by atoms with E-state index in [4.69, 9.17) is 9.47 Å². The molecule has 30 heavy (non-hydrogen) atoms. The smallest absolute Gasteiger partial charge is 0.340 e. The minimum absolute atomic E-state index is 0.222. The van der Waals surface area contributed by atoms with Gasteiger partial charge in [-0.2, -0.15) is 0 Å². The normalized spacial score (nSPS) is 10.9. The Balaban J connectivity index is 2.07. The van der Waals surface area contributed by atoms with Crippen LogP contribution in [0.25, 0.3) is 27.8 Å². The monoisotopic (exact) mass is 403 g/mol. The number of nitrogens with zero attached hydrogens (tertiary/aromatic N) is 2. The van der Waals surface area contributed by atoms with E-state index in [-0.39, 0.29) is 17.7 Å². The molecule has 7 heteroatoms. The lowest BCUT2D eigenvalue weighted by Gasteiger charge is -2.12. The molecule has 0 saturated heterocycles. The molecule has 2 aromatic heterocycles. The zero-order valence-electron chi connectivity index (χ0n) is 16.9. The molecule has 1 N–H and O–H groups in total. The number of para-hydroxylation sites is 1. The van der Waals surface area contributed by atoms with Crippen molar-refractivity contribution in [2.24, 2.45) is 0 Å². The van der Waals surface area contributed by atoms with Gasteiger partial charge in [0.1, 0.15) is 5.75 Å². The molecule has 4 rings (SSSR count). The van der Waals surface area contributed by atoms with Crippen LogP contribution in [0.1, 0.15) is 23.0 Å². The van der Waals surface area contributed by atoms with E-state index >= 15 is 0 Å². The molecule has 0 radical (unpaired) electrons. The third-order valence-corrected chi connectivity index (χ3v) is 4.89. The summed E-state index contributed by atoms with van der Waals surface area (Å²) in [6.07, 6.45) is 0. The van der Waals surface area contributed by atoms with E-state index in [2.05, 4.69) is 10.1 Å². The average molecular weight is 403 g/mol. The summed E-state index contributed by atoms with van der Waals surface area (Å²) in [5, 5.41) is 3.40. The van der Waals surface area contributed by atoms with Crippen LogP contribution in [0.2, 0.25) is 0 Å². The number of rotatable bonds is 5. The van der Waals surface area contributed by atoms with Crippen molar-refractivity contribution in [3.8, 4) is 22.6 Å². The van der Waals surface area contributed by atoms with Crippen molar-refractivity contribution < 1.29 is 14.3 Å². The summed E-state index contributed by atoms with van der Waals surface area (Å²) < 4.78 is 11.9. The molecule has 4 aromatic rings. The highest BCUT2D eigenvalue weighted by atomic mass is 16.5. The van der Waals surface area contributed by atoms with Crippen LogP contribution in [-0.4, -0.2) is 34.5 Å². The molecular formula is C23H21N3O4. The van der Waals surface area contributed by atoms with Crippen LogP contribution in [0.5, 0.6) is 5.75 Å². The first-order chi connectivity index (χ1) is 14.5. The molecule has 0 aliphatic rings. The second-order valence-corrected chi connectivity index (χ2v) is 6.71. The van der Waals surface area contributed by atoms with Gasteiger partial charge in [-0.05, 0) is 43.7 Å². The number of carbonyl (C=O) groups excluding carboxylic acids is 1. The molecular weight excluding hydrogens is 382 g/mol. The first-order valence-corrected chi connectivity index (χ1v) is 9.57. The summed E-state index contributed by atoms with van der Waals surface area (Å²) in [6.45, 7) is 3.70. The number of esters is 1. The zero-order valence-corrected chi connectivity index (χ0v) is 16.9. The maximum Gasteiger partial charge on any atom is 0.340 e. The van der Waals surface area contributed by atoms with E-state index in [9.17, 15) is 9.59 Å². The van der Waals surface area contributed by atoms with E-state index in [0.29, 0.717) is 39.3 Å². The van der Waals surface area contributed by atoms with Crippen LogP contribution in [0.15, 0.2) is 59.4 Å². The Labute approximate surface area is 172 Å². The van der Waals surface area contributed by atoms with Crippen LogP contribution in [0, 0.1) is 6.92 Å². The predicted octanol–water partition coefficient (Wildman–Crippen LogP) is 3.87. The van der Waals surface area contributed by atoms with Gasteiger partial charge in [-0.3, -0.25) is 9.89 Å². The number of carbonyl (C=O) groups is 1. The fourth-order valence-corrected chi connectivity index (χ4v) is 3.52. The summed E-state index contributed by atoms with van der Waals surface area (Å²) in [4.78, 5) is 30.7. The lowest BCUT2D eigenvalue weighted by Crippen LogP contribution is -2.16. The fraction of sp³-hybridized carbons (Fsp3) is 0.174. The summed E-state index contributed by atoms with van der Waals surface area (Å²) in [5.74, 6) is 0.163. The zero-order chi connectivity index (χ0) is 21.3. The molecule has 0 aliphatic heterocycles. The number of H-pyrrole nitrogens is 1. The lowest BCUT2D eigenvalue weighted by atomic mass is 9.96. The van der Waals surface area contributed by atoms with Gasteiger partial charge in [-0.15, -0.1) is 0 Å². The molecule has 2 aromatic carbocycles. The molecule has 0 aliphatic carbocycles. The molecule has 0 atom stereocenters. The van der Waals surface area contributed by atoms with Gasteiger partial charge in [0.05, 0.1) is 36.0 Å². The number of hydrogen-bond acceptors (Lipinski definition) is 5. The summed E-state index contributed by atoms with van der Waals surface area (Å²) in [7, 11) is 1.58. The number of aromatic nitrogens is 3. The molecule has 152 valence electrons. The van der Waals surface area contributed by atoms with Gasteiger partial charge in [0.25, 0.3) is 5.56 Å². The maximum absolute atomic E-state index is 13.4. The van der Waals surface area contributed by atoms with Crippen LogP contribution >= 0.6 is 0 Å². The average Bonchev–Trinajstić information content (AvgIpc) is 3.09. The van der Waals surface area contributed by atoms with Crippen LogP contribution < -0.4 is 10.3 Å². The number of ether oxygens (including phenoxy) is 2. The lowest BCUT2D eigenvalue weighted by molar-refractivity contribution is 0.0526. The largest absolute Gasteiger partial charge is 0.497 e. The second-order valence-electron chi connectivity index (χ2n) is 6.71.